The average Bonchev–Trinajstić information content (AvgIpc) is 3.27. The van der Waals surface area contributed by atoms with Gasteiger partial charge in [0, 0.05) is 19.6 Å². The number of carbonyl (C=O) groups excluding carboxylic acids is 1. The van der Waals surface area contributed by atoms with E-state index in [-0.39, 0.29) is 0 Å². The zero-order chi connectivity index (χ0) is 15.7. The fraction of sp³-hybridized carbons (Fsp3) is 0.941. The van der Waals surface area contributed by atoms with Gasteiger partial charge in [-0.15, -0.1) is 0 Å². The zero-order valence-electron chi connectivity index (χ0n) is 13.8. The van der Waals surface area contributed by atoms with Crippen LogP contribution in [0.2, 0.25) is 0 Å². The number of unbranched alkanes of at least 4 members (excludes halogenated alkanes) is 1. The van der Waals surface area contributed by atoms with E-state index in [9.17, 15) is 4.79 Å². The van der Waals surface area contributed by atoms with Crippen molar-refractivity contribution in [1.29, 1.82) is 0 Å². The van der Waals surface area contributed by atoms with Crippen molar-refractivity contribution in [3.8, 4) is 0 Å². The number of epoxide rings is 1. The number of ether oxygens (including phenoxy) is 4. The lowest BCUT2D eigenvalue weighted by Gasteiger charge is -2.21. The minimum Gasteiger partial charge on any atom is -0.435 e. The molecule has 0 N–H and O–H groups in total. The van der Waals surface area contributed by atoms with Crippen molar-refractivity contribution >= 4 is 6.16 Å². The third-order valence-corrected chi connectivity index (χ3v) is 4.49. The highest BCUT2D eigenvalue weighted by atomic mass is 16.8. The molecule has 0 aromatic carbocycles. The van der Waals surface area contributed by atoms with Gasteiger partial charge < -0.3 is 18.9 Å². The molecule has 1 aliphatic carbocycles. The van der Waals surface area contributed by atoms with E-state index in [1.807, 2.05) is 0 Å². The highest BCUT2D eigenvalue weighted by Gasteiger charge is 2.49. The van der Waals surface area contributed by atoms with Gasteiger partial charge in [-0.05, 0) is 32.1 Å². The predicted octanol–water partition coefficient (Wildman–Crippen LogP) is 4.04. The van der Waals surface area contributed by atoms with Crippen LogP contribution in [0.1, 0.15) is 64.7 Å². The molecule has 1 unspecified atom stereocenters. The fourth-order valence-corrected chi connectivity index (χ4v) is 3.06. The lowest BCUT2D eigenvalue weighted by atomic mass is 9.87. The Balaban J connectivity index is 1.43. The second-order valence-corrected chi connectivity index (χ2v) is 6.35. The van der Waals surface area contributed by atoms with Gasteiger partial charge in [-0.3, -0.25) is 0 Å². The zero-order valence-corrected chi connectivity index (χ0v) is 13.8. The SMILES string of the molecule is CCOC(=O)OC1(CCCCOCCC2CCCCC2)CO1. The molecule has 1 aliphatic heterocycles. The van der Waals surface area contributed by atoms with Gasteiger partial charge in [0.2, 0.25) is 5.79 Å². The first-order chi connectivity index (χ1) is 10.7. The van der Waals surface area contributed by atoms with Gasteiger partial charge in [0.05, 0.1) is 6.61 Å². The molecule has 1 heterocycles. The van der Waals surface area contributed by atoms with Gasteiger partial charge in [-0.1, -0.05) is 32.1 Å². The van der Waals surface area contributed by atoms with Crippen LogP contribution in [-0.2, 0) is 18.9 Å². The first kappa shape index (κ1) is 17.5. The smallest absolute Gasteiger partial charge is 0.435 e. The van der Waals surface area contributed by atoms with E-state index in [1.54, 1.807) is 6.92 Å². The topological polar surface area (TPSA) is 57.3 Å². The van der Waals surface area contributed by atoms with Crippen LogP contribution in [0.15, 0.2) is 0 Å². The third-order valence-electron chi connectivity index (χ3n) is 4.49. The number of rotatable bonds is 10. The Morgan fingerprint density at radius 2 is 1.95 bits per heavy atom. The first-order valence-electron chi connectivity index (χ1n) is 8.81. The molecule has 0 aromatic rings. The largest absolute Gasteiger partial charge is 0.510 e. The van der Waals surface area contributed by atoms with Crippen LogP contribution in [0.5, 0.6) is 0 Å². The van der Waals surface area contributed by atoms with Crippen LogP contribution in [0.25, 0.3) is 0 Å². The molecule has 5 heteroatoms. The van der Waals surface area contributed by atoms with Crippen molar-refractivity contribution in [2.45, 2.75) is 70.5 Å². The molecule has 22 heavy (non-hydrogen) atoms. The molecule has 2 rings (SSSR count). The molecule has 5 nitrogen and oxygen atoms in total. The van der Waals surface area contributed by atoms with E-state index < -0.39 is 11.9 Å². The molecule has 2 aliphatic rings. The molecular formula is C17H30O5. The highest BCUT2D eigenvalue weighted by molar-refractivity contribution is 5.60. The molecule has 128 valence electrons. The second kappa shape index (κ2) is 9.36. The Bertz CT molecular complexity index is 321. The van der Waals surface area contributed by atoms with E-state index in [2.05, 4.69) is 0 Å². The standard InChI is InChI=1S/C17H30O5/c1-2-20-16(18)22-17(14-21-17)11-6-7-12-19-13-10-15-8-4-3-5-9-15/h15H,2-14H2,1H3. The second-order valence-electron chi connectivity index (χ2n) is 6.35. The van der Waals surface area contributed by atoms with Gasteiger partial charge in [0.15, 0.2) is 0 Å². The van der Waals surface area contributed by atoms with Crippen molar-refractivity contribution < 1.29 is 23.7 Å². The van der Waals surface area contributed by atoms with Gasteiger partial charge in [0.1, 0.15) is 6.61 Å². The van der Waals surface area contributed by atoms with Crippen molar-refractivity contribution in [2.75, 3.05) is 26.4 Å². The van der Waals surface area contributed by atoms with E-state index in [0.717, 1.165) is 38.4 Å². The molecular weight excluding hydrogens is 284 g/mol. The molecule has 1 saturated carbocycles. The van der Waals surface area contributed by atoms with Gasteiger partial charge in [0.25, 0.3) is 0 Å². The Morgan fingerprint density at radius 3 is 2.64 bits per heavy atom. The first-order valence-corrected chi connectivity index (χ1v) is 8.81. The van der Waals surface area contributed by atoms with Gasteiger partial charge in [-0.2, -0.15) is 0 Å². The van der Waals surface area contributed by atoms with Crippen molar-refractivity contribution in [1.82, 2.24) is 0 Å². The van der Waals surface area contributed by atoms with Crippen LogP contribution in [0.4, 0.5) is 4.79 Å². The molecule has 0 bridgehead atoms. The summed E-state index contributed by atoms with van der Waals surface area (Å²) >= 11 is 0. The summed E-state index contributed by atoms with van der Waals surface area (Å²) in [7, 11) is 0. The van der Waals surface area contributed by atoms with E-state index in [4.69, 9.17) is 18.9 Å². The minimum atomic E-state index is -0.714. The number of hydrogen-bond donors (Lipinski definition) is 0. The average molecular weight is 314 g/mol. The van der Waals surface area contributed by atoms with E-state index in [0.29, 0.717) is 13.2 Å². The lowest BCUT2D eigenvalue weighted by molar-refractivity contribution is -0.0388. The molecule has 0 aromatic heterocycles. The number of hydrogen-bond acceptors (Lipinski definition) is 5. The Morgan fingerprint density at radius 1 is 1.18 bits per heavy atom. The Kier molecular flexibility index (Phi) is 7.46. The van der Waals surface area contributed by atoms with Crippen LogP contribution in [0.3, 0.4) is 0 Å². The Hall–Kier alpha value is -0.810. The summed E-state index contributed by atoms with van der Waals surface area (Å²) in [5.41, 5.74) is 0. The summed E-state index contributed by atoms with van der Waals surface area (Å²) in [6.45, 7) is 4.22. The van der Waals surface area contributed by atoms with Crippen molar-refractivity contribution in [3.05, 3.63) is 0 Å². The monoisotopic (exact) mass is 314 g/mol. The van der Waals surface area contributed by atoms with Crippen LogP contribution in [0, 0.1) is 5.92 Å². The maximum absolute atomic E-state index is 11.3. The predicted molar refractivity (Wildman–Crippen MR) is 82.7 cm³/mol. The summed E-state index contributed by atoms with van der Waals surface area (Å²) in [5.74, 6) is 0.170. The molecule has 1 saturated heterocycles. The summed E-state index contributed by atoms with van der Waals surface area (Å²) in [6, 6.07) is 0. The maximum Gasteiger partial charge on any atom is 0.510 e. The molecule has 1 atom stereocenters. The van der Waals surface area contributed by atoms with Crippen molar-refractivity contribution in [2.24, 2.45) is 5.92 Å². The van der Waals surface area contributed by atoms with Gasteiger partial charge in [-0.25, -0.2) is 4.79 Å². The quantitative estimate of drug-likeness (QED) is 0.346. The van der Waals surface area contributed by atoms with Crippen LogP contribution in [-0.4, -0.2) is 38.4 Å². The fourth-order valence-electron chi connectivity index (χ4n) is 3.06. The summed E-state index contributed by atoms with van der Waals surface area (Å²) in [5, 5.41) is 0. The van der Waals surface area contributed by atoms with E-state index in [1.165, 1.54) is 38.5 Å². The lowest BCUT2D eigenvalue weighted by Crippen LogP contribution is -2.22. The number of carbonyl (C=O) groups is 1. The summed E-state index contributed by atoms with van der Waals surface area (Å²) < 4.78 is 20.9. The Labute approximate surface area is 133 Å². The molecule has 0 radical (unpaired) electrons. The normalized spacial score (nSPS) is 25.0. The highest BCUT2D eigenvalue weighted by Crippen LogP contribution is 2.34. The summed E-state index contributed by atoms with van der Waals surface area (Å²) in [6.07, 6.45) is 10.2. The molecule has 2 fully saturated rings. The van der Waals surface area contributed by atoms with E-state index >= 15 is 0 Å². The third kappa shape index (κ3) is 6.53. The van der Waals surface area contributed by atoms with Gasteiger partial charge >= 0.3 is 6.16 Å². The molecule has 0 spiro atoms. The van der Waals surface area contributed by atoms with Crippen LogP contribution < -0.4 is 0 Å². The molecule has 0 amide bonds. The maximum atomic E-state index is 11.3. The summed E-state index contributed by atoms with van der Waals surface area (Å²) in [4.78, 5) is 11.3. The van der Waals surface area contributed by atoms with Crippen LogP contribution >= 0.6 is 0 Å². The minimum absolute atomic E-state index is 0.323. The van der Waals surface area contributed by atoms with Crippen molar-refractivity contribution in [3.63, 3.8) is 0 Å².